The van der Waals surface area contributed by atoms with Crippen LogP contribution in [0.5, 0.6) is 0 Å². The van der Waals surface area contributed by atoms with Gasteiger partial charge in [0.15, 0.2) is 14.1 Å². The molecule has 0 spiro atoms. The molecule has 0 saturated carbocycles. The third kappa shape index (κ3) is 4.14. The van der Waals surface area contributed by atoms with Gasteiger partial charge < -0.3 is 0 Å². The zero-order valence-corrected chi connectivity index (χ0v) is 17.2. The van der Waals surface area contributed by atoms with Crippen molar-refractivity contribution in [3.05, 3.63) is 106 Å². The van der Waals surface area contributed by atoms with E-state index in [1.807, 2.05) is 91.0 Å². The molecular weight excluding hydrogens is 404 g/mol. The average molecular weight is 421 g/mol. The minimum absolute atomic E-state index is 0.0594. The van der Waals surface area contributed by atoms with Crippen LogP contribution in [0.3, 0.4) is 0 Å². The molecule has 0 aliphatic carbocycles. The van der Waals surface area contributed by atoms with Gasteiger partial charge >= 0.3 is 0 Å². The Bertz CT molecular complexity index is 1120. The number of carbonyl (C=O) groups excluding carboxylic acids is 1. The summed E-state index contributed by atoms with van der Waals surface area (Å²) in [5.41, 5.74) is 2.56. The van der Waals surface area contributed by atoms with E-state index >= 15 is 0 Å². The summed E-state index contributed by atoms with van der Waals surface area (Å²) in [4.78, 5) is 13.2. The molecule has 0 aliphatic rings. The predicted molar refractivity (Wildman–Crippen MR) is 118 cm³/mol. The normalized spacial score (nSPS) is 11.9. The Hall–Kier alpha value is -2.54. The Kier molecular flexibility index (Phi) is 5.81. The van der Waals surface area contributed by atoms with Crippen molar-refractivity contribution in [2.45, 2.75) is 9.59 Å². The molecule has 0 bridgehead atoms. The molecule has 3 nitrogen and oxygen atoms in total. The number of thioether (sulfide) groups is 1. The first-order valence-corrected chi connectivity index (χ1v) is 10.8. The SMILES string of the molecule is O=C(c1ccccc1)C(Sc1nn(-c2ccccc2)c(=S)s1)c1ccccc1. The van der Waals surface area contributed by atoms with Gasteiger partial charge in [-0.1, -0.05) is 102 Å². The van der Waals surface area contributed by atoms with Crippen molar-refractivity contribution in [2.24, 2.45) is 0 Å². The van der Waals surface area contributed by atoms with Crippen LogP contribution in [-0.2, 0) is 0 Å². The highest BCUT2D eigenvalue weighted by Gasteiger charge is 2.25. The van der Waals surface area contributed by atoms with Gasteiger partial charge in [0, 0.05) is 5.56 Å². The van der Waals surface area contributed by atoms with Gasteiger partial charge in [0.2, 0.25) is 0 Å². The predicted octanol–water partition coefficient (Wildman–Crippen LogP) is 6.38. The average Bonchev–Trinajstić information content (AvgIpc) is 3.13. The van der Waals surface area contributed by atoms with Crippen molar-refractivity contribution in [1.29, 1.82) is 0 Å². The van der Waals surface area contributed by atoms with Crippen LogP contribution in [0.4, 0.5) is 0 Å². The third-order valence-electron chi connectivity index (χ3n) is 4.15. The molecule has 138 valence electrons. The Labute approximate surface area is 176 Å². The molecular formula is C22H16N2OS3. The zero-order valence-electron chi connectivity index (χ0n) is 14.8. The standard InChI is InChI=1S/C22H16N2OS3/c25-19(16-10-4-1-5-11-16)20(17-12-6-2-7-13-17)27-21-23-24(22(26)28-21)18-14-8-3-9-15-18/h1-15,20H. The van der Waals surface area contributed by atoms with Gasteiger partial charge in [-0.3, -0.25) is 4.79 Å². The number of hydrogen-bond donors (Lipinski definition) is 0. The fraction of sp³-hybridized carbons (Fsp3) is 0.0455. The van der Waals surface area contributed by atoms with E-state index in [1.54, 1.807) is 4.68 Å². The molecule has 1 aromatic heterocycles. The second kappa shape index (κ2) is 8.65. The highest BCUT2D eigenvalue weighted by molar-refractivity contribution is 8.02. The first kappa shape index (κ1) is 18.8. The highest BCUT2D eigenvalue weighted by atomic mass is 32.2. The molecule has 1 heterocycles. The number of Topliss-reactive ketones (excluding diaryl/α,β-unsaturated/α-hetero) is 1. The molecule has 0 saturated heterocycles. The van der Waals surface area contributed by atoms with Crippen molar-refractivity contribution < 1.29 is 4.79 Å². The smallest absolute Gasteiger partial charge is 0.184 e. The summed E-state index contributed by atoms with van der Waals surface area (Å²) in [5.74, 6) is 0.0594. The number of hydrogen-bond acceptors (Lipinski definition) is 5. The molecule has 1 atom stereocenters. The summed E-state index contributed by atoms with van der Waals surface area (Å²) in [7, 11) is 0. The molecule has 0 N–H and O–H groups in total. The number of nitrogens with zero attached hydrogens (tertiary/aromatic N) is 2. The van der Waals surface area contributed by atoms with Gasteiger partial charge in [-0.15, -0.1) is 5.10 Å². The van der Waals surface area contributed by atoms with Gasteiger partial charge in [0.05, 0.1) is 10.9 Å². The summed E-state index contributed by atoms with van der Waals surface area (Å²) in [5, 5.41) is 4.28. The molecule has 4 rings (SSSR count). The van der Waals surface area contributed by atoms with Crippen LogP contribution in [-0.4, -0.2) is 15.6 Å². The molecule has 28 heavy (non-hydrogen) atoms. The van der Waals surface area contributed by atoms with E-state index in [2.05, 4.69) is 5.10 Å². The Morgan fingerprint density at radius 3 is 2.11 bits per heavy atom. The summed E-state index contributed by atoms with van der Waals surface area (Å²) in [6, 6.07) is 29.0. The van der Waals surface area contributed by atoms with Crippen LogP contribution in [0, 0.1) is 3.95 Å². The topological polar surface area (TPSA) is 34.9 Å². The summed E-state index contributed by atoms with van der Waals surface area (Å²) < 4.78 is 3.18. The van der Waals surface area contributed by atoms with E-state index in [0.29, 0.717) is 9.52 Å². The maximum atomic E-state index is 13.2. The number of para-hydroxylation sites is 1. The minimum Gasteiger partial charge on any atom is -0.293 e. The first-order valence-electron chi connectivity index (χ1n) is 8.69. The molecule has 0 radical (unpaired) electrons. The number of rotatable bonds is 6. The molecule has 1 unspecified atom stereocenters. The third-order valence-corrected chi connectivity index (χ3v) is 6.72. The molecule has 0 fully saturated rings. The van der Waals surface area contributed by atoms with E-state index in [-0.39, 0.29) is 11.0 Å². The largest absolute Gasteiger partial charge is 0.293 e. The fourth-order valence-electron chi connectivity index (χ4n) is 2.80. The Morgan fingerprint density at radius 2 is 1.46 bits per heavy atom. The molecule has 6 heteroatoms. The summed E-state index contributed by atoms with van der Waals surface area (Å²) in [6.45, 7) is 0. The number of benzene rings is 3. The molecule has 0 amide bonds. The molecule has 0 aliphatic heterocycles. The minimum atomic E-state index is -0.381. The van der Waals surface area contributed by atoms with Gasteiger partial charge in [-0.2, -0.15) is 0 Å². The van der Waals surface area contributed by atoms with E-state index in [1.165, 1.54) is 23.1 Å². The van der Waals surface area contributed by atoms with Crippen LogP contribution < -0.4 is 0 Å². The van der Waals surface area contributed by atoms with Crippen molar-refractivity contribution >= 4 is 41.1 Å². The van der Waals surface area contributed by atoms with Gasteiger partial charge in [-0.25, -0.2) is 4.68 Å². The quantitative estimate of drug-likeness (QED) is 0.206. The molecule has 4 aromatic rings. The van der Waals surface area contributed by atoms with Crippen LogP contribution in [0.15, 0.2) is 95.3 Å². The van der Waals surface area contributed by atoms with E-state index in [9.17, 15) is 4.79 Å². The van der Waals surface area contributed by atoms with Crippen molar-refractivity contribution in [1.82, 2.24) is 9.78 Å². The van der Waals surface area contributed by atoms with Crippen LogP contribution >= 0.6 is 35.3 Å². The first-order chi connectivity index (χ1) is 13.7. The van der Waals surface area contributed by atoms with Crippen molar-refractivity contribution in [3.63, 3.8) is 0 Å². The second-order valence-electron chi connectivity index (χ2n) is 6.02. The van der Waals surface area contributed by atoms with Gasteiger partial charge in [0.1, 0.15) is 0 Å². The van der Waals surface area contributed by atoms with Gasteiger partial charge in [0.25, 0.3) is 0 Å². The number of aromatic nitrogens is 2. The maximum absolute atomic E-state index is 13.2. The highest BCUT2D eigenvalue weighted by Crippen LogP contribution is 2.39. The maximum Gasteiger partial charge on any atom is 0.184 e. The number of carbonyl (C=O) groups is 1. The summed E-state index contributed by atoms with van der Waals surface area (Å²) in [6.07, 6.45) is 0. The lowest BCUT2D eigenvalue weighted by Gasteiger charge is -2.14. The monoisotopic (exact) mass is 420 g/mol. The zero-order chi connectivity index (χ0) is 19.3. The Balaban J connectivity index is 1.69. The van der Waals surface area contributed by atoms with Gasteiger partial charge in [-0.05, 0) is 29.9 Å². The Morgan fingerprint density at radius 1 is 0.893 bits per heavy atom. The van der Waals surface area contributed by atoms with E-state index in [0.717, 1.165) is 15.6 Å². The summed E-state index contributed by atoms with van der Waals surface area (Å²) >= 11 is 8.37. The van der Waals surface area contributed by atoms with Crippen molar-refractivity contribution in [2.75, 3.05) is 0 Å². The second-order valence-corrected chi connectivity index (χ2v) is 8.99. The fourth-order valence-corrected chi connectivity index (χ4v) is 5.43. The lowest BCUT2D eigenvalue weighted by molar-refractivity contribution is 0.0989. The number of ketones is 1. The molecule has 3 aromatic carbocycles. The lowest BCUT2D eigenvalue weighted by Crippen LogP contribution is -2.10. The van der Waals surface area contributed by atoms with Crippen molar-refractivity contribution in [3.8, 4) is 5.69 Å². The van der Waals surface area contributed by atoms with Crippen LogP contribution in [0.1, 0.15) is 21.2 Å². The lowest BCUT2D eigenvalue weighted by atomic mass is 10.0. The van der Waals surface area contributed by atoms with E-state index in [4.69, 9.17) is 12.2 Å². The van der Waals surface area contributed by atoms with Crippen LogP contribution in [0.25, 0.3) is 5.69 Å². The van der Waals surface area contributed by atoms with E-state index < -0.39 is 0 Å². The van der Waals surface area contributed by atoms with Crippen LogP contribution in [0.2, 0.25) is 0 Å².